The number of pyridine rings is 3. The highest BCUT2D eigenvalue weighted by molar-refractivity contribution is 5.99. The normalized spacial score (nSPS) is 11.4. The van der Waals surface area contributed by atoms with Crippen molar-refractivity contribution in [1.29, 1.82) is 0 Å². The van der Waals surface area contributed by atoms with Gasteiger partial charge in [0.15, 0.2) is 0 Å². The Labute approximate surface area is 194 Å². The lowest BCUT2D eigenvalue weighted by molar-refractivity contribution is 0.631. The maximum Gasteiger partial charge on any atom is 0.135 e. The maximum absolute atomic E-state index is 14.5. The first-order valence-electron chi connectivity index (χ1n) is 10.8. The second kappa shape index (κ2) is 7.77. The van der Waals surface area contributed by atoms with Gasteiger partial charge in [0, 0.05) is 48.5 Å². The molecule has 8 heteroatoms. The van der Waals surface area contributed by atoms with Crippen molar-refractivity contribution < 1.29 is 4.39 Å². The van der Waals surface area contributed by atoms with E-state index in [9.17, 15) is 4.39 Å². The number of fused-ring (bicyclic) bond motifs is 2. The van der Waals surface area contributed by atoms with Gasteiger partial charge in [-0.15, -0.1) is 0 Å². The van der Waals surface area contributed by atoms with Crippen molar-refractivity contribution in [1.82, 2.24) is 30.1 Å². The molecular weight excluding hydrogens is 429 g/mol. The molecule has 0 atom stereocenters. The zero-order valence-corrected chi connectivity index (χ0v) is 18.5. The van der Waals surface area contributed by atoms with Crippen LogP contribution in [0.2, 0.25) is 0 Å². The third kappa shape index (κ3) is 3.27. The maximum atomic E-state index is 14.5. The van der Waals surface area contributed by atoms with Gasteiger partial charge in [0.2, 0.25) is 0 Å². The number of H-pyrrole nitrogens is 2. The third-order valence-corrected chi connectivity index (χ3v) is 5.88. The molecule has 5 heterocycles. The van der Waals surface area contributed by atoms with Crippen molar-refractivity contribution >= 4 is 27.6 Å². The van der Waals surface area contributed by atoms with Crippen LogP contribution >= 0.6 is 0 Å². The van der Waals surface area contributed by atoms with E-state index in [-0.39, 0.29) is 5.82 Å². The Hall–Kier alpha value is -4.59. The molecule has 0 saturated carbocycles. The number of aromatic nitrogens is 6. The van der Waals surface area contributed by atoms with Crippen LogP contribution in [0.5, 0.6) is 0 Å². The van der Waals surface area contributed by atoms with Gasteiger partial charge in [0.05, 0.1) is 34.5 Å². The molecule has 0 spiro atoms. The molecule has 0 radical (unpaired) electrons. The summed E-state index contributed by atoms with van der Waals surface area (Å²) in [5.74, 6) is -0.310. The largest absolute Gasteiger partial charge is 0.376 e. The zero-order chi connectivity index (χ0) is 23.2. The molecule has 2 N–H and O–H groups in total. The van der Waals surface area contributed by atoms with E-state index in [1.54, 1.807) is 30.6 Å². The van der Waals surface area contributed by atoms with Crippen molar-refractivity contribution in [3.8, 4) is 33.9 Å². The van der Waals surface area contributed by atoms with E-state index >= 15 is 0 Å². The van der Waals surface area contributed by atoms with Gasteiger partial charge >= 0.3 is 0 Å². The molecule has 0 amide bonds. The van der Waals surface area contributed by atoms with Gasteiger partial charge < -0.3 is 9.88 Å². The Morgan fingerprint density at radius 2 is 1.79 bits per heavy atom. The van der Waals surface area contributed by atoms with Crippen LogP contribution in [0.3, 0.4) is 0 Å². The first kappa shape index (κ1) is 20.0. The average molecular weight is 449 g/mol. The van der Waals surface area contributed by atoms with E-state index in [1.807, 2.05) is 49.5 Å². The summed E-state index contributed by atoms with van der Waals surface area (Å²) in [7, 11) is 3.96. The molecule has 7 nitrogen and oxygen atoms in total. The number of halogens is 1. The summed E-state index contributed by atoms with van der Waals surface area (Å²) >= 11 is 0. The lowest BCUT2D eigenvalue weighted by atomic mass is 10.1. The van der Waals surface area contributed by atoms with Gasteiger partial charge in [0.25, 0.3) is 0 Å². The van der Waals surface area contributed by atoms with Crippen LogP contribution in [-0.2, 0) is 0 Å². The smallest absolute Gasteiger partial charge is 0.135 e. The van der Waals surface area contributed by atoms with E-state index < -0.39 is 0 Å². The Morgan fingerprint density at radius 3 is 2.65 bits per heavy atom. The second-order valence-corrected chi connectivity index (χ2v) is 8.27. The van der Waals surface area contributed by atoms with Crippen LogP contribution in [0.4, 0.5) is 10.1 Å². The van der Waals surface area contributed by atoms with Gasteiger partial charge in [-0.3, -0.25) is 15.1 Å². The second-order valence-electron chi connectivity index (χ2n) is 8.27. The SMILES string of the molecule is CN(C)c1cncc(-c2ccc3[nH]nc(-c4cc5c(-c6ccccc6F)nccc5[nH]4)c3n2)c1. The number of hydrogen-bond donors (Lipinski definition) is 2. The Bertz CT molecular complexity index is 1670. The molecule has 34 heavy (non-hydrogen) atoms. The highest BCUT2D eigenvalue weighted by Crippen LogP contribution is 2.34. The molecule has 0 fully saturated rings. The van der Waals surface area contributed by atoms with Crippen molar-refractivity contribution in [2.75, 3.05) is 19.0 Å². The fourth-order valence-corrected chi connectivity index (χ4v) is 4.11. The van der Waals surface area contributed by atoms with Crippen LogP contribution in [0.1, 0.15) is 0 Å². The number of benzene rings is 1. The summed E-state index contributed by atoms with van der Waals surface area (Å²) in [6.45, 7) is 0. The van der Waals surface area contributed by atoms with Crippen molar-refractivity contribution in [2.24, 2.45) is 0 Å². The zero-order valence-electron chi connectivity index (χ0n) is 18.5. The van der Waals surface area contributed by atoms with Crippen LogP contribution < -0.4 is 4.90 Å². The van der Waals surface area contributed by atoms with E-state index in [0.29, 0.717) is 17.0 Å². The summed E-state index contributed by atoms with van der Waals surface area (Å²) in [5, 5.41) is 8.40. The molecule has 0 saturated heterocycles. The quantitative estimate of drug-likeness (QED) is 0.375. The van der Waals surface area contributed by atoms with Crippen molar-refractivity contribution in [3.05, 3.63) is 79.0 Å². The minimum atomic E-state index is -0.310. The summed E-state index contributed by atoms with van der Waals surface area (Å²) in [5.41, 5.74) is 7.62. The first-order valence-corrected chi connectivity index (χ1v) is 10.8. The number of nitrogens with zero attached hydrogens (tertiary/aromatic N) is 5. The van der Waals surface area contributed by atoms with Gasteiger partial charge in [-0.2, -0.15) is 5.10 Å². The van der Waals surface area contributed by atoms with Gasteiger partial charge in [0.1, 0.15) is 17.0 Å². The molecule has 6 rings (SSSR count). The number of aromatic amines is 2. The minimum absolute atomic E-state index is 0.310. The van der Waals surface area contributed by atoms with Crippen molar-refractivity contribution in [2.45, 2.75) is 0 Å². The highest BCUT2D eigenvalue weighted by Gasteiger charge is 2.17. The average Bonchev–Trinajstić information content (AvgIpc) is 3.48. The van der Waals surface area contributed by atoms with E-state index in [2.05, 4.69) is 31.2 Å². The first-order chi connectivity index (χ1) is 16.6. The van der Waals surface area contributed by atoms with E-state index in [4.69, 9.17) is 4.98 Å². The van der Waals surface area contributed by atoms with E-state index in [0.717, 1.165) is 44.6 Å². The summed E-state index contributed by atoms with van der Waals surface area (Å²) in [6.07, 6.45) is 5.29. The van der Waals surface area contributed by atoms with Crippen LogP contribution in [-0.4, -0.2) is 44.2 Å². The monoisotopic (exact) mass is 449 g/mol. The van der Waals surface area contributed by atoms with Gasteiger partial charge in [-0.05, 0) is 42.5 Å². The standard InChI is InChI=1S/C26H20FN7/c1-34(2)16-11-15(13-28-14-16)20-7-8-22-25(31-20)26(33-32-22)23-12-18-21(30-23)9-10-29-24(18)17-5-3-4-6-19(17)27/h3-14,30H,1-2H3,(H,32,33). The summed E-state index contributed by atoms with van der Waals surface area (Å²) < 4.78 is 14.5. The van der Waals surface area contributed by atoms with Crippen molar-refractivity contribution in [3.63, 3.8) is 0 Å². The fourth-order valence-electron chi connectivity index (χ4n) is 4.11. The summed E-state index contributed by atoms with van der Waals surface area (Å²) in [4.78, 5) is 19.1. The molecule has 1 aromatic carbocycles. The predicted octanol–water partition coefficient (Wildman–Crippen LogP) is 5.44. The lowest BCUT2D eigenvalue weighted by Gasteiger charge is -2.12. The Kier molecular flexibility index (Phi) is 4.58. The molecule has 0 unspecified atom stereocenters. The lowest BCUT2D eigenvalue weighted by Crippen LogP contribution is -2.08. The molecule has 0 aliphatic rings. The van der Waals surface area contributed by atoms with E-state index in [1.165, 1.54) is 6.07 Å². The number of hydrogen-bond acceptors (Lipinski definition) is 5. The van der Waals surface area contributed by atoms with Gasteiger partial charge in [-0.1, -0.05) is 12.1 Å². The minimum Gasteiger partial charge on any atom is -0.376 e. The summed E-state index contributed by atoms with van der Waals surface area (Å²) in [6, 6.07) is 16.4. The molecule has 0 bridgehead atoms. The molecule has 5 aromatic heterocycles. The molecule has 6 aromatic rings. The number of anilines is 1. The highest BCUT2D eigenvalue weighted by atomic mass is 19.1. The number of rotatable bonds is 4. The number of nitrogens with one attached hydrogen (secondary N) is 2. The van der Waals surface area contributed by atoms with Crippen LogP contribution in [0.25, 0.3) is 55.8 Å². The molecular formula is C26H20FN7. The molecule has 0 aliphatic carbocycles. The van der Waals surface area contributed by atoms with Gasteiger partial charge in [-0.25, -0.2) is 9.37 Å². The van der Waals surface area contributed by atoms with Crippen LogP contribution in [0.15, 0.2) is 73.2 Å². The Balaban J connectivity index is 1.49. The topological polar surface area (TPSA) is 86.4 Å². The predicted molar refractivity (Wildman–Crippen MR) is 132 cm³/mol. The molecule has 166 valence electrons. The third-order valence-electron chi connectivity index (χ3n) is 5.88. The van der Waals surface area contributed by atoms with Crippen LogP contribution in [0, 0.1) is 5.82 Å². The molecule has 0 aliphatic heterocycles. The Morgan fingerprint density at radius 1 is 0.912 bits per heavy atom. The fraction of sp³-hybridized carbons (Fsp3) is 0.0769.